The molecule has 0 atom stereocenters. The normalized spacial score (nSPS) is 17.4. The van der Waals surface area contributed by atoms with E-state index < -0.39 is 0 Å². The van der Waals surface area contributed by atoms with Crippen molar-refractivity contribution in [1.29, 1.82) is 0 Å². The molecule has 1 aromatic heterocycles. The average Bonchev–Trinajstić information content (AvgIpc) is 2.69. The van der Waals surface area contributed by atoms with Gasteiger partial charge in [0.15, 0.2) is 0 Å². The van der Waals surface area contributed by atoms with E-state index in [0.717, 1.165) is 12.8 Å². The van der Waals surface area contributed by atoms with Gasteiger partial charge < -0.3 is 4.74 Å². The fraction of sp³-hybridized carbons (Fsp3) is 0.600. The highest BCUT2D eigenvalue weighted by molar-refractivity contribution is 4.79. The van der Waals surface area contributed by atoms with Crippen molar-refractivity contribution in [3.8, 4) is 0 Å². The van der Waals surface area contributed by atoms with Gasteiger partial charge in [0.2, 0.25) is 0 Å². The molecule has 1 heterocycles. The predicted molar refractivity (Wildman–Crippen MR) is 51.8 cm³/mol. The first-order chi connectivity index (χ1) is 6.86. The summed E-state index contributed by atoms with van der Waals surface area (Å²) >= 11 is 0. The van der Waals surface area contributed by atoms with Crippen molar-refractivity contribution < 1.29 is 4.74 Å². The molecule has 1 fully saturated rings. The Labute approximate surface area is 82.5 Å². The maximum absolute atomic E-state index is 11.2. The maximum atomic E-state index is 11.2. The number of ether oxygens (including phenoxy) is 1. The molecule has 4 heteroatoms. The third-order valence-corrected chi connectivity index (χ3v) is 2.55. The Balaban J connectivity index is 1.91. The van der Waals surface area contributed by atoms with Crippen molar-refractivity contribution in [3.05, 3.63) is 28.9 Å². The Morgan fingerprint density at radius 2 is 2.29 bits per heavy atom. The van der Waals surface area contributed by atoms with Gasteiger partial charge in [-0.2, -0.15) is 0 Å². The Morgan fingerprint density at radius 1 is 1.50 bits per heavy atom. The molecule has 0 aliphatic heterocycles. The standard InChI is InChI=1S/C10H14N2O2/c13-10-7-11-5-6-12(10)8-14-9-3-1-2-4-9/h5-7,9H,1-4,8H2. The maximum Gasteiger partial charge on any atom is 0.270 e. The number of hydrogen-bond donors (Lipinski definition) is 0. The van der Waals surface area contributed by atoms with E-state index in [2.05, 4.69) is 4.98 Å². The molecule has 0 bridgehead atoms. The van der Waals surface area contributed by atoms with E-state index in [1.807, 2.05) is 0 Å². The first-order valence-corrected chi connectivity index (χ1v) is 4.98. The Morgan fingerprint density at radius 3 is 3.00 bits per heavy atom. The van der Waals surface area contributed by atoms with E-state index in [1.54, 1.807) is 12.4 Å². The second-order valence-electron chi connectivity index (χ2n) is 3.59. The average molecular weight is 194 g/mol. The lowest BCUT2D eigenvalue weighted by atomic mass is 10.3. The van der Waals surface area contributed by atoms with Gasteiger partial charge in [-0.25, -0.2) is 0 Å². The topological polar surface area (TPSA) is 44.1 Å². The van der Waals surface area contributed by atoms with Crippen molar-refractivity contribution in [3.63, 3.8) is 0 Å². The monoisotopic (exact) mass is 194 g/mol. The van der Waals surface area contributed by atoms with E-state index in [0.29, 0.717) is 12.8 Å². The largest absolute Gasteiger partial charge is 0.357 e. The van der Waals surface area contributed by atoms with E-state index in [9.17, 15) is 4.79 Å². The van der Waals surface area contributed by atoms with Gasteiger partial charge in [-0.15, -0.1) is 0 Å². The minimum absolute atomic E-state index is 0.106. The molecule has 0 unspecified atom stereocenters. The van der Waals surface area contributed by atoms with E-state index in [-0.39, 0.29) is 5.56 Å². The molecule has 0 amide bonds. The molecular weight excluding hydrogens is 180 g/mol. The molecule has 2 rings (SSSR count). The Bertz CT molecular complexity index is 342. The minimum atomic E-state index is -0.106. The lowest BCUT2D eigenvalue weighted by molar-refractivity contribution is 0.00965. The van der Waals surface area contributed by atoms with Gasteiger partial charge in [0, 0.05) is 12.4 Å². The molecule has 1 saturated carbocycles. The molecular formula is C10H14N2O2. The third kappa shape index (κ3) is 2.20. The van der Waals surface area contributed by atoms with Crippen molar-refractivity contribution in [1.82, 2.24) is 9.55 Å². The first kappa shape index (κ1) is 9.40. The summed E-state index contributed by atoms with van der Waals surface area (Å²) in [6.45, 7) is 0.353. The van der Waals surface area contributed by atoms with Crippen LogP contribution in [0.1, 0.15) is 25.7 Å². The van der Waals surface area contributed by atoms with Gasteiger partial charge in [-0.3, -0.25) is 14.3 Å². The molecule has 1 aliphatic carbocycles. The van der Waals surface area contributed by atoms with E-state index >= 15 is 0 Å². The molecule has 0 spiro atoms. The number of nitrogens with zero attached hydrogens (tertiary/aromatic N) is 2. The van der Waals surface area contributed by atoms with Crippen molar-refractivity contribution in [2.24, 2.45) is 0 Å². The van der Waals surface area contributed by atoms with Crippen LogP contribution in [0.15, 0.2) is 23.4 Å². The molecule has 4 nitrogen and oxygen atoms in total. The summed E-state index contributed by atoms with van der Waals surface area (Å²) in [4.78, 5) is 15.0. The van der Waals surface area contributed by atoms with Crippen LogP contribution in [0.5, 0.6) is 0 Å². The molecule has 14 heavy (non-hydrogen) atoms. The summed E-state index contributed by atoms with van der Waals surface area (Å²) in [7, 11) is 0. The van der Waals surface area contributed by atoms with Crippen LogP contribution in [0, 0.1) is 0 Å². The van der Waals surface area contributed by atoms with Crippen LogP contribution in [-0.2, 0) is 11.5 Å². The smallest absolute Gasteiger partial charge is 0.270 e. The second-order valence-corrected chi connectivity index (χ2v) is 3.59. The zero-order valence-electron chi connectivity index (χ0n) is 8.06. The van der Waals surface area contributed by atoms with Crippen LogP contribution in [0.4, 0.5) is 0 Å². The Hall–Kier alpha value is -1.16. The zero-order chi connectivity index (χ0) is 9.80. The lowest BCUT2D eigenvalue weighted by Gasteiger charge is -2.11. The second kappa shape index (κ2) is 4.37. The van der Waals surface area contributed by atoms with Crippen LogP contribution < -0.4 is 5.56 Å². The number of aromatic nitrogens is 2. The zero-order valence-corrected chi connectivity index (χ0v) is 8.06. The molecule has 76 valence electrons. The summed E-state index contributed by atoms with van der Waals surface area (Å²) in [6.07, 6.45) is 9.63. The molecule has 0 N–H and O–H groups in total. The summed E-state index contributed by atoms with van der Waals surface area (Å²) in [5.74, 6) is 0. The third-order valence-electron chi connectivity index (χ3n) is 2.55. The summed E-state index contributed by atoms with van der Waals surface area (Å²) in [5, 5.41) is 0. The fourth-order valence-corrected chi connectivity index (χ4v) is 1.72. The first-order valence-electron chi connectivity index (χ1n) is 4.98. The van der Waals surface area contributed by atoms with Gasteiger partial charge in [0.05, 0.1) is 12.3 Å². The van der Waals surface area contributed by atoms with E-state index in [4.69, 9.17) is 4.74 Å². The Kier molecular flexibility index (Phi) is 2.93. The van der Waals surface area contributed by atoms with Gasteiger partial charge in [0.1, 0.15) is 6.73 Å². The predicted octanol–water partition coefficient (Wildman–Crippen LogP) is 1.16. The van der Waals surface area contributed by atoms with Crippen LogP contribution in [0.2, 0.25) is 0 Å². The highest BCUT2D eigenvalue weighted by atomic mass is 16.5. The van der Waals surface area contributed by atoms with E-state index in [1.165, 1.54) is 23.6 Å². The molecule has 1 aromatic rings. The molecule has 0 aromatic carbocycles. The van der Waals surface area contributed by atoms with Crippen molar-refractivity contribution in [2.45, 2.75) is 38.5 Å². The number of rotatable bonds is 3. The lowest BCUT2D eigenvalue weighted by Crippen LogP contribution is -2.22. The summed E-state index contributed by atoms with van der Waals surface area (Å²) in [5.41, 5.74) is -0.106. The molecule has 1 aliphatic rings. The van der Waals surface area contributed by atoms with Gasteiger partial charge >= 0.3 is 0 Å². The quantitative estimate of drug-likeness (QED) is 0.725. The molecule has 0 radical (unpaired) electrons. The van der Waals surface area contributed by atoms with Crippen molar-refractivity contribution in [2.75, 3.05) is 0 Å². The summed E-state index contributed by atoms with van der Waals surface area (Å²) in [6, 6.07) is 0. The van der Waals surface area contributed by atoms with Gasteiger partial charge in [-0.05, 0) is 12.8 Å². The van der Waals surface area contributed by atoms with Crippen molar-refractivity contribution >= 4 is 0 Å². The number of hydrogen-bond acceptors (Lipinski definition) is 3. The summed E-state index contributed by atoms with van der Waals surface area (Å²) < 4.78 is 7.14. The minimum Gasteiger partial charge on any atom is -0.357 e. The van der Waals surface area contributed by atoms with Crippen LogP contribution in [0.25, 0.3) is 0 Å². The van der Waals surface area contributed by atoms with Crippen LogP contribution >= 0.6 is 0 Å². The van der Waals surface area contributed by atoms with Gasteiger partial charge in [-0.1, -0.05) is 12.8 Å². The fourth-order valence-electron chi connectivity index (χ4n) is 1.72. The highest BCUT2D eigenvalue weighted by Crippen LogP contribution is 2.20. The molecule has 0 saturated heterocycles. The van der Waals surface area contributed by atoms with Gasteiger partial charge in [0.25, 0.3) is 5.56 Å². The van der Waals surface area contributed by atoms with Crippen LogP contribution in [0.3, 0.4) is 0 Å². The van der Waals surface area contributed by atoms with Crippen LogP contribution in [-0.4, -0.2) is 15.7 Å². The highest BCUT2D eigenvalue weighted by Gasteiger charge is 2.15. The SMILES string of the molecule is O=c1cnccn1COC1CCCC1.